The van der Waals surface area contributed by atoms with Crippen molar-refractivity contribution < 1.29 is 9.47 Å². The van der Waals surface area contributed by atoms with Crippen molar-refractivity contribution in [3.8, 4) is 0 Å². The zero-order valence-electron chi connectivity index (χ0n) is 9.01. The highest BCUT2D eigenvalue weighted by Gasteiger charge is 2.19. The van der Waals surface area contributed by atoms with Gasteiger partial charge < -0.3 is 9.47 Å². The van der Waals surface area contributed by atoms with Gasteiger partial charge in [-0.25, -0.2) is 0 Å². The van der Waals surface area contributed by atoms with Gasteiger partial charge in [0.05, 0.1) is 6.04 Å². The summed E-state index contributed by atoms with van der Waals surface area (Å²) in [7, 11) is 3.18. The maximum Gasteiger partial charge on any atom is 0.173 e. The molecule has 0 aliphatic rings. The first-order valence-electron chi connectivity index (χ1n) is 4.72. The van der Waals surface area contributed by atoms with E-state index in [0.717, 1.165) is 12.0 Å². The van der Waals surface area contributed by atoms with Gasteiger partial charge in [-0.3, -0.25) is 16.3 Å². The van der Waals surface area contributed by atoms with Crippen LogP contribution in [0.1, 0.15) is 5.56 Å². The molecule has 0 saturated heterocycles. The molecular formula is C10H17N3O2. The van der Waals surface area contributed by atoms with E-state index in [9.17, 15) is 0 Å². The van der Waals surface area contributed by atoms with Gasteiger partial charge in [0, 0.05) is 26.6 Å². The van der Waals surface area contributed by atoms with Crippen LogP contribution in [0.15, 0.2) is 24.5 Å². The Morgan fingerprint density at radius 2 is 1.93 bits per heavy atom. The van der Waals surface area contributed by atoms with Crippen LogP contribution in [0.25, 0.3) is 0 Å². The second-order valence-corrected chi connectivity index (χ2v) is 3.17. The first-order valence-corrected chi connectivity index (χ1v) is 4.72. The molecule has 5 heteroatoms. The molecule has 0 bridgehead atoms. The van der Waals surface area contributed by atoms with Crippen molar-refractivity contribution in [2.75, 3.05) is 14.2 Å². The van der Waals surface area contributed by atoms with E-state index in [4.69, 9.17) is 15.3 Å². The molecule has 3 N–H and O–H groups in total. The average Bonchev–Trinajstić information content (AvgIpc) is 2.30. The maximum atomic E-state index is 5.45. The third-order valence-corrected chi connectivity index (χ3v) is 2.21. The van der Waals surface area contributed by atoms with Gasteiger partial charge in [0.2, 0.25) is 0 Å². The van der Waals surface area contributed by atoms with Crippen LogP contribution in [-0.4, -0.2) is 31.5 Å². The number of hydrogen-bond acceptors (Lipinski definition) is 5. The Morgan fingerprint density at radius 1 is 1.33 bits per heavy atom. The summed E-state index contributed by atoms with van der Waals surface area (Å²) in [6, 6.07) is 3.79. The second kappa shape index (κ2) is 6.47. The first-order chi connectivity index (χ1) is 7.31. The maximum absolute atomic E-state index is 5.45. The summed E-state index contributed by atoms with van der Waals surface area (Å²) in [4.78, 5) is 3.95. The Hall–Kier alpha value is -1.01. The van der Waals surface area contributed by atoms with Gasteiger partial charge in [-0.2, -0.15) is 0 Å². The molecule has 1 aromatic heterocycles. The number of nitrogens with one attached hydrogen (secondary N) is 1. The van der Waals surface area contributed by atoms with Crippen LogP contribution in [0, 0.1) is 0 Å². The monoisotopic (exact) mass is 211 g/mol. The Kier molecular flexibility index (Phi) is 5.20. The fourth-order valence-corrected chi connectivity index (χ4v) is 1.43. The zero-order valence-corrected chi connectivity index (χ0v) is 9.01. The number of hydrazine groups is 1. The van der Waals surface area contributed by atoms with Crippen LogP contribution in [0.4, 0.5) is 0 Å². The summed E-state index contributed by atoms with van der Waals surface area (Å²) in [6.45, 7) is 0. The number of nitrogens with two attached hydrogens (primary N) is 1. The Bertz CT molecular complexity index is 265. The van der Waals surface area contributed by atoms with Crippen LogP contribution >= 0.6 is 0 Å². The number of methoxy groups -OCH3 is 2. The zero-order chi connectivity index (χ0) is 11.1. The number of pyridine rings is 1. The highest BCUT2D eigenvalue weighted by Crippen LogP contribution is 2.07. The molecular weight excluding hydrogens is 194 g/mol. The van der Waals surface area contributed by atoms with Gasteiger partial charge >= 0.3 is 0 Å². The molecule has 0 fully saturated rings. The van der Waals surface area contributed by atoms with Gasteiger partial charge in [-0.1, -0.05) is 0 Å². The summed E-state index contributed by atoms with van der Waals surface area (Å²) in [5.74, 6) is 5.45. The second-order valence-electron chi connectivity index (χ2n) is 3.17. The molecule has 1 aromatic rings. The molecule has 1 rings (SSSR count). The van der Waals surface area contributed by atoms with E-state index in [1.165, 1.54) is 0 Å². The Labute approximate surface area is 89.6 Å². The molecule has 1 unspecified atom stereocenters. The number of nitrogens with zero attached hydrogens (tertiary/aromatic N) is 1. The van der Waals surface area contributed by atoms with Crippen molar-refractivity contribution >= 4 is 0 Å². The van der Waals surface area contributed by atoms with E-state index in [1.807, 2.05) is 12.1 Å². The molecule has 0 spiro atoms. The van der Waals surface area contributed by atoms with E-state index >= 15 is 0 Å². The number of aromatic nitrogens is 1. The van der Waals surface area contributed by atoms with E-state index in [1.54, 1.807) is 26.6 Å². The molecule has 0 aliphatic carbocycles. The standard InChI is InChI=1S/C10H17N3O2/c1-14-10(15-2)9(13-11)7-8-3-5-12-6-4-8/h3-6,9-10,13H,7,11H2,1-2H3. The van der Waals surface area contributed by atoms with Crippen LogP contribution in [0.5, 0.6) is 0 Å². The highest BCUT2D eigenvalue weighted by atomic mass is 16.7. The first kappa shape index (κ1) is 12.1. The molecule has 15 heavy (non-hydrogen) atoms. The van der Waals surface area contributed by atoms with Crippen molar-refractivity contribution in [3.63, 3.8) is 0 Å². The summed E-state index contributed by atoms with van der Waals surface area (Å²) in [5, 5.41) is 0. The average molecular weight is 211 g/mol. The normalized spacial score (nSPS) is 13.1. The van der Waals surface area contributed by atoms with Gasteiger partial charge in [-0.15, -0.1) is 0 Å². The van der Waals surface area contributed by atoms with E-state index < -0.39 is 0 Å². The van der Waals surface area contributed by atoms with Gasteiger partial charge in [-0.05, 0) is 24.1 Å². The summed E-state index contributed by atoms with van der Waals surface area (Å²) >= 11 is 0. The molecule has 1 heterocycles. The van der Waals surface area contributed by atoms with E-state index in [2.05, 4.69) is 10.4 Å². The third kappa shape index (κ3) is 3.56. The largest absolute Gasteiger partial charge is 0.354 e. The number of rotatable bonds is 6. The highest BCUT2D eigenvalue weighted by molar-refractivity contribution is 5.11. The van der Waals surface area contributed by atoms with Crippen molar-refractivity contribution in [1.82, 2.24) is 10.4 Å². The fraction of sp³-hybridized carbons (Fsp3) is 0.500. The minimum Gasteiger partial charge on any atom is -0.354 e. The van der Waals surface area contributed by atoms with Crippen LogP contribution < -0.4 is 11.3 Å². The molecule has 84 valence electrons. The van der Waals surface area contributed by atoms with E-state index in [0.29, 0.717) is 0 Å². The van der Waals surface area contributed by atoms with Crippen LogP contribution in [0.2, 0.25) is 0 Å². The molecule has 5 nitrogen and oxygen atoms in total. The third-order valence-electron chi connectivity index (χ3n) is 2.21. The lowest BCUT2D eigenvalue weighted by Crippen LogP contribution is -2.47. The van der Waals surface area contributed by atoms with Crippen LogP contribution in [0.3, 0.4) is 0 Å². The topological polar surface area (TPSA) is 69.4 Å². The molecule has 0 aliphatic heterocycles. The van der Waals surface area contributed by atoms with Gasteiger partial charge in [0.25, 0.3) is 0 Å². The molecule has 1 atom stereocenters. The predicted octanol–water partition coefficient (Wildman–Crippen LogP) is 0.0749. The summed E-state index contributed by atoms with van der Waals surface area (Å²) in [6.07, 6.45) is 3.86. The smallest absolute Gasteiger partial charge is 0.173 e. The molecule has 0 radical (unpaired) electrons. The Morgan fingerprint density at radius 3 is 2.40 bits per heavy atom. The molecule has 0 aromatic carbocycles. The SMILES string of the molecule is COC(OC)C(Cc1ccncc1)NN. The predicted molar refractivity (Wildman–Crippen MR) is 56.9 cm³/mol. The summed E-state index contributed by atoms with van der Waals surface area (Å²) < 4.78 is 10.3. The lowest BCUT2D eigenvalue weighted by Gasteiger charge is -2.23. The minimum absolute atomic E-state index is 0.0811. The fourth-order valence-electron chi connectivity index (χ4n) is 1.43. The lowest BCUT2D eigenvalue weighted by molar-refractivity contribution is -0.122. The number of hydrogen-bond donors (Lipinski definition) is 2. The van der Waals surface area contributed by atoms with Gasteiger partial charge in [0.15, 0.2) is 6.29 Å². The summed E-state index contributed by atoms with van der Waals surface area (Å²) in [5.41, 5.74) is 3.81. The quantitative estimate of drug-likeness (QED) is 0.396. The minimum atomic E-state index is -0.358. The van der Waals surface area contributed by atoms with E-state index in [-0.39, 0.29) is 12.3 Å². The Balaban J connectivity index is 2.61. The van der Waals surface area contributed by atoms with Crippen molar-refractivity contribution in [2.24, 2.45) is 5.84 Å². The van der Waals surface area contributed by atoms with Crippen molar-refractivity contribution in [2.45, 2.75) is 18.8 Å². The number of ether oxygens (including phenoxy) is 2. The lowest BCUT2D eigenvalue weighted by atomic mass is 10.1. The van der Waals surface area contributed by atoms with Crippen molar-refractivity contribution in [1.29, 1.82) is 0 Å². The molecule has 0 amide bonds. The van der Waals surface area contributed by atoms with Gasteiger partial charge in [0.1, 0.15) is 0 Å². The molecule has 0 saturated carbocycles. The van der Waals surface area contributed by atoms with Crippen LogP contribution in [-0.2, 0) is 15.9 Å². The van der Waals surface area contributed by atoms with Crippen molar-refractivity contribution in [3.05, 3.63) is 30.1 Å².